The van der Waals surface area contributed by atoms with E-state index in [2.05, 4.69) is 0 Å². The van der Waals surface area contributed by atoms with Crippen LogP contribution in [0.4, 0.5) is 0 Å². The van der Waals surface area contributed by atoms with Gasteiger partial charge in [-0.15, -0.1) is 11.3 Å². The average molecular weight is 293 g/mol. The van der Waals surface area contributed by atoms with Gasteiger partial charge in [0.2, 0.25) is 0 Å². The van der Waals surface area contributed by atoms with Crippen molar-refractivity contribution in [1.29, 1.82) is 0 Å². The summed E-state index contributed by atoms with van der Waals surface area (Å²) in [4.78, 5) is 0.804. The normalized spacial score (nSPS) is 13.8. The molecule has 5 heteroatoms. The van der Waals surface area contributed by atoms with Crippen molar-refractivity contribution in [1.82, 2.24) is 0 Å². The molecule has 0 saturated heterocycles. The summed E-state index contributed by atoms with van der Waals surface area (Å²) in [5, 5.41) is 12.5. The molecule has 2 rings (SSSR count). The van der Waals surface area contributed by atoms with Crippen molar-refractivity contribution < 1.29 is 14.6 Å². The summed E-state index contributed by atoms with van der Waals surface area (Å²) < 4.78 is 10.4. The van der Waals surface area contributed by atoms with Crippen molar-refractivity contribution >= 4 is 11.3 Å². The van der Waals surface area contributed by atoms with Gasteiger partial charge in [0.25, 0.3) is 0 Å². The molecule has 0 radical (unpaired) electrons. The van der Waals surface area contributed by atoms with Crippen molar-refractivity contribution in [3.05, 3.63) is 46.2 Å². The minimum atomic E-state index is -0.677. The molecular weight excluding hydrogens is 274 g/mol. The molecule has 0 spiro atoms. The SMILES string of the molecule is COc1ccc(C(CN)C(O)c2sccc2OC)cc1. The summed E-state index contributed by atoms with van der Waals surface area (Å²) in [6.45, 7) is 0.356. The number of nitrogens with two attached hydrogens (primary N) is 1. The lowest BCUT2D eigenvalue weighted by Gasteiger charge is -2.22. The van der Waals surface area contributed by atoms with E-state index in [-0.39, 0.29) is 5.92 Å². The second-order valence-corrected chi connectivity index (χ2v) is 5.36. The van der Waals surface area contributed by atoms with Crippen molar-refractivity contribution in [2.24, 2.45) is 5.73 Å². The molecule has 0 saturated carbocycles. The summed E-state index contributed by atoms with van der Waals surface area (Å²) in [5.41, 5.74) is 6.83. The maximum atomic E-state index is 10.6. The maximum absolute atomic E-state index is 10.6. The molecule has 0 amide bonds. The first-order valence-corrected chi connectivity index (χ1v) is 7.22. The molecule has 0 aliphatic carbocycles. The average Bonchev–Trinajstić information content (AvgIpc) is 2.97. The lowest BCUT2D eigenvalue weighted by Crippen LogP contribution is -2.19. The van der Waals surface area contributed by atoms with Crippen LogP contribution in [0.1, 0.15) is 22.5 Å². The molecule has 0 aliphatic rings. The number of benzene rings is 1. The minimum Gasteiger partial charge on any atom is -0.497 e. The van der Waals surface area contributed by atoms with Gasteiger partial charge in [-0.25, -0.2) is 0 Å². The highest BCUT2D eigenvalue weighted by Gasteiger charge is 2.25. The van der Waals surface area contributed by atoms with E-state index >= 15 is 0 Å². The molecule has 20 heavy (non-hydrogen) atoms. The van der Waals surface area contributed by atoms with Crippen LogP contribution in [0.5, 0.6) is 11.5 Å². The fourth-order valence-corrected chi connectivity index (χ4v) is 3.08. The number of methoxy groups -OCH3 is 2. The van der Waals surface area contributed by atoms with E-state index in [0.717, 1.165) is 16.2 Å². The van der Waals surface area contributed by atoms with Crippen molar-refractivity contribution in [2.75, 3.05) is 20.8 Å². The number of rotatable bonds is 6. The predicted molar refractivity (Wildman–Crippen MR) is 80.6 cm³/mol. The van der Waals surface area contributed by atoms with E-state index in [0.29, 0.717) is 12.3 Å². The Hall–Kier alpha value is -1.56. The predicted octanol–water partition coefficient (Wildman–Crippen LogP) is 2.54. The van der Waals surface area contributed by atoms with Gasteiger partial charge in [-0.3, -0.25) is 0 Å². The van der Waals surface area contributed by atoms with Gasteiger partial charge in [-0.2, -0.15) is 0 Å². The molecule has 108 valence electrons. The van der Waals surface area contributed by atoms with Crippen molar-refractivity contribution in [3.63, 3.8) is 0 Å². The maximum Gasteiger partial charge on any atom is 0.135 e. The zero-order chi connectivity index (χ0) is 14.5. The fourth-order valence-electron chi connectivity index (χ4n) is 2.17. The van der Waals surface area contributed by atoms with Gasteiger partial charge in [0.05, 0.1) is 25.2 Å². The first-order valence-electron chi connectivity index (χ1n) is 6.34. The van der Waals surface area contributed by atoms with Gasteiger partial charge in [0, 0.05) is 12.5 Å². The molecule has 2 aromatic rings. The molecule has 0 aliphatic heterocycles. The zero-order valence-electron chi connectivity index (χ0n) is 11.6. The van der Waals surface area contributed by atoms with Gasteiger partial charge in [0.15, 0.2) is 0 Å². The van der Waals surface area contributed by atoms with Crippen LogP contribution in [0.15, 0.2) is 35.7 Å². The van der Waals surface area contributed by atoms with E-state index < -0.39 is 6.10 Å². The smallest absolute Gasteiger partial charge is 0.135 e. The van der Waals surface area contributed by atoms with E-state index in [9.17, 15) is 5.11 Å². The number of ether oxygens (including phenoxy) is 2. The first-order chi connectivity index (χ1) is 9.71. The summed E-state index contributed by atoms with van der Waals surface area (Å²) >= 11 is 1.47. The Morgan fingerprint density at radius 2 is 1.85 bits per heavy atom. The fraction of sp³-hybridized carbons (Fsp3) is 0.333. The summed E-state index contributed by atoms with van der Waals surface area (Å²) in [6, 6.07) is 9.46. The highest BCUT2D eigenvalue weighted by atomic mass is 32.1. The minimum absolute atomic E-state index is 0.173. The van der Waals surface area contributed by atoms with Gasteiger partial charge < -0.3 is 20.3 Å². The molecule has 1 heterocycles. The van der Waals surface area contributed by atoms with E-state index in [1.54, 1.807) is 14.2 Å². The van der Waals surface area contributed by atoms with Gasteiger partial charge in [-0.1, -0.05) is 12.1 Å². The van der Waals surface area contributed by atoms with Crippen LogP contribution in [-0.2, 0) is 0 Å². The Labute approximate surface area is 122 Å². The summed E-state index contributed by atoms with van der Waals surface area (Å²) in [5.74, 6) is 1.32. The monoisotopic (exact) mass is 293 g/mol. The molecule has 2 unspecified atom stereocenters. The third-order valence-corrected chi connectivity index (χ3v) is 4.29. The Kier molecular flexibility index (Phi) is 5.00. The van der Waals surface area contributed by atoms with Crippen molar-refractivity contribution in [2.45, 2.75) is 12.0 Å². The number of hydrogen-bond donors (Lipinski definition) is 2. The topological polar surface area (TPSA) is 64.7 Å². The number of hydrogen-bond acceptors (Lipinski definition) is 5. The van der Waals surface area contributed by atoms with Gasteiger partial charge in [0.1, 0.15) is 11.5 Å². The number of aliphatic hydroxyl groups excluding tert-OH is 1. The molecule has 0 bridgehead atoms. The quantitative estimate of drug-likeness (QED) is 0.859. The van der Waals surface area contributed by atoms with E-state index in [4.69, 9.17) is 15.2 Å². The van der Waals surface area contributed by atoms with Gasteiger partial charge in [-0.05, 0) is 29.1 Å². The third kappa shape index (κ3) is 2.95. The van der Waals surface area contributed by atoms with E-state index in [1.807, 2.05) is 35.7 Å². The van der Waals surface area contributed by atoms with Crippen LogP contribution in [0, 0.1) is 0 Å². The third-order valence-electron chi connectivity index (χ3n) is 3.32. The Bertz CT molecular complexity index is 538. The number of aliphatic hydroxyl groups is 1. The highest BCUT2D eigenvalue weighted by Crippen LogP contribution is 2.38. The van der Waals surface area contributed by atoms with Crippen LogP contribution in [0.25, 0.3) is 0 Å². The Morgan fingerprint density at radius 3 is 2.40 bits per heavy atom. The molecule has 1 aromatic carbocycles. The lowest BCUT2D eigenvalue weighted by molar-refractivity contribution is 0.147. The molecular formula is C15H19NO3S. The van der Waals surface area contributed by atoms with Crippen LogP contribution < -0.4 is 15.2 Å². The first kappa shape index (κ1) is 14.8. The van der Waals surface area contributed by atoms with Crippen LogP contribution in [0.3, 0.4) is 0 Å². The van der Waals surface area contributed by atoms with Crippen LogP contribution in [0.2, 0.25) is 0 Å². The van der Waals surface area contributed by atoms with Crippen LogP contribution in [-0.4, -0.2) is 25.9 Å². The molecule has 1 aromatic heterocycles. The molecule has 2 atom stereocenters. The lowest BCUT2D eigenvalue weighted by atomic mass is 9.92. The van der Waals surface area contributed by atoms with Gasteiger partial charge >= 0.3 is 0 Å². The Balaban J connectivity index is 2.26. The summed E-state index contributed by atoms with van der Waals surface area (Å²) in [7, 11) is 3.23. The number of thiophene rings is 1. The zero-order valence-corrected chi connectivity index (χ0v) is 12.4. The largest absolute Gasteiger partial charge is 0.497 e. The van der Waals surface area contributed by atoms with Crippen LogP contribution >= 0.6 is 11.3 Å². The molecule has 4 nitrogen and oxygen atoms in total. The Morgan fingerprint density at radius 1 is 1.15 bits per heavy atom. The second kappa shape index (κ2) is 6.74. The molecule has 0 fully saturated rings. The summed E-state index contributed by atoms with van der Waals surface area (Å²) in [6.07, 6.45) is -0.677. The standard InChI is InChI=1S/C15H19NO3S/c1-18-11-5-3-10(4-6-11)12(9-16)14(17)15-13(19-2)7-8-20-15/h3-8,12,14,17H,9,16H2,1-2H3. The van der Waals surface area contributed by atoms with E-state index in [1.165, 1.54) is 11.3 Å². The molecule has 3 N–H and O–H groups in total. The second-order valence-electron chi connectivity index (χ2n) is 4.41. The highest BCUT2D eigenvalue weighted by molar-refractivity contribution is 7.10. The van der Waals surface area contributed by atoms with Crippen molar-refractivity contribution in [3.8, 4) is 11.5 Å².